The highest BCUT2D eigenvalue weighted by Gasteiger charge is 2.15. The molecule has 0 fully saturated rings. The Hall–Kier alpha value is -6.76. The Balaban J connectivity index is 1.18. The summed E-state index contributed by atoms with van der Waals surface area (Å²) in [6.45, 7) is 11.2. The van der Waals surface area contributed by atoms with Crippen molar-refractivity contribution >= 4 is 34.1 Å². The Labute approximate surface area is 345 Å². The van der Waals surface area contributed by atoms with Gasteiger partial charge in [-0.1, -0.05) is 39.5 Å². The van der Waals surface area contributed by atoms with E-state index in [1.54, 1.807) is 0 Å². The molecule has 0 atom stereocenters. The van der Waals surface area contributed by atoms with E-state index in [9.17, 15) is 0 Å². The van der Waals surface area contributed by atoms with Gasteiger partial charge < -0.3 is 28.7 Å². The minimum absolute atomic E-state index is 0.692. The molecule has 6 heteroatoms. The molecule has 0 aliphatic carbocycles. The Bertz CT molecular complexity index is 1990. The fourth-order valence-electron chi connectivity index (χ4n) is 6.13. The third-order valence-electron chi connectivity index (χ3n) is 9.00. The van der Waals surface area contributed by atoms with Gasteiger partial charge in [0.25, 0.3) is 0 Å². The van der Waals surface area contributed by atoms with Crippen molar-refractivity contribution in [3.05, 3.63) is 157 Å². The van der Waals surface area contributed by atoms with E-state index in [1.807, 2.05) is 72.8 Å². The summed E-state index contributed by atoms with van der Waals surface area (Å²) in [7, 11) is 0. The van der Waals surface area contributed by atoms with Gasteiger partial charge >= 0.3 is 0 Å². The molecule has 0 radical (unpaired) electrons. The molecule has 6 nitrogen and oxygen atoms in total. The zero-order valence-corrected chi connectivity index (χ0v) is 34.0. The molecule has 0 aliphatic rings. The van der Waals surface area contributed by atoms with Gasteiger partial charge in [0, 0.05) is 45.3 Å². The quantitative estimate of drug-likeness (QED) is 0.0811. The molecule has 0 saturated carbocycles. The van der Waals surface area contributed by atoms with Gasteiger partial charge in [0.2, 0.25) is 0 Å². The maximum atomic E-state index is 5.85. The second kappa shape index (κ2) is 21.5. The fraction of sp³-hybridized carbons (Fsp3) is 0.231. The predicted molar refractivity (Wildman–Crippen MR) is 239 cm³/mol. The van der Waals surface area contributed by atoms with E-state index >= 15 is 0 Å². The van der Waals surface area contributed by atoms with Crippen molar-refractivity contribution in [1.82, 2.24) is 0 Å². The van der Waals surface area contributed by atoms with E-state index < -0.39 is 0 Å². The average Bonchev–Trinajstić information content (AvgIpc) is 3.28. The molecule has 6 aromatic rings. The highest BCUT2D eigenvalue weighted by molar-refractivity contribution is 5.78. The highest BCUT2D eigenvalue weighted by Crippen LogP contribution is 2.38. The van der Waals surface area contributed by atoms with Gasteiger partial charge in [-0.05, 0) is 183 Å². The first-order valence-electron chi connectivity index (χ1n) is 20.3. The van der Waals surface area contributed by atoms with Gasteiger partial charge in [-0.25, -0.2) is 0 Å². The molecule has 0 heterocycles. The minimum Gasteiger partial charge on any atom is -0.494 e. The Morgan fingerprint density at radius 1 is 0.310 bits per heavy atom. The minimum atomic E-state index is 0.692. The predicted octanol–water partition coefficient (Wildman–Crippen LogP) is 13.2. The molecule has 6 rings (SSSR count). The maximum absolute atomic E-state index is 5.85. The fourth-order valence-corrected chi connectivity index (χ4v) is 6.13. The monoisotopic (exact) mass is 768 g/mol. The molecular weight excluding hydrogens is 717 g/mol. The number of rotatable bonds is 18. The lowest BCUT2D eigenvalue weighted by Crippen LogP contribution is -2.10. The summed E-state index contributed by atoms with van der Waals surface area (Å²) in [5, 5.41) is 0. The van der Waals surface area contributed by atoms with Crippen molar-refractivity contribution < 1.29 is 18.9 Å². The van der Waals surface area contributed by atoms with Crippen molar-refractivity contribution in [2.75, 3.05) is 36.2 Å². The van der Waals surface area contributed by atoms with E-state index in [1.165, 1.54) is 0 Å². The maximum Gasteiger partial charge on any atom is 0.119 e. The molecule has 294 valence electrons. The summed E-state index contributed by atoms with van der Waals surface area (Å²) in [6.07, 6.45) is 3.85. The first-order valence-corrected chi connectivity index (χ1v) is 20.3. The zero-order chi connectivity index (χ0) is 40.4. The normalized spacial score (nSPS) is 10.3. The number of hydrogen-bond acceptors (Lipinski definition) is 6. The van der Waals surface area contributed by atoms with Crippen LogP contribution in [0.4, 0.5) is 34.1 Å². The van der Waals surface area contributed by atoms with Crippen LogP contribution >= 0.6 is 0 Å². The lowest BCUT2D eigenvalue weighted by Gasteiger charge is -2.26. The van der Waals surface area contributed by atoms with Crippen LogP contribution in [0.15, 0.2) is 146 Å². The van der Waals surface area contributed by atoms with Crippen molar-refractivity contribution in [2.45, 2.75) is 53.4 Å². The summed E-state index contributed by atoms with van der Waals surface area (Å²) in [5.41, 5.74) is 7.88. The third kappa shape index (κ3) is 11.4. The van der Waals surface area contributed by atoms with E-state index in [0.717, 1.165) is 93.9 Å². The lowest BCUT2D eigenvalue weighted by molar-refractivity contribution is 0.317. The molecule has 0 unspecified atom stereocenters. The molecule has 0 spiro atoms. The molecule has 0 aliphatic heterocycles. The van der Waals surface area contributed by atoms with Crippen LogP contribution in [0.25, 0.3) is 0 Å². The molecule has 0 bridgehead atoms. The van der Waals surface area contributed by atoms with Gasteiger partial charge in [0.1, 0.15) is 23.0 Å². The number of ether oxygens (including phenoxy) is 4. The van der Waals surface area contributed by atoms with E-state index in [-0.39, 0.29) is 0 Å². The molecule has 6 aromatic carbocycles. The van der Waals surface area contributed by atoms with Crippen molar-refractivity contribution in [1.29, 1.82) is 0 Å². The SMILES string of the molecule is CCCOc1ccc(N(c2ccc(C#CC#Cc3ccc(N(c4ccc(OCCC)cc4)c4ccc(OCCC)cc4)cc3)cc2)c2ccc(OCCC)cc2)cc1. The zero-order valence-electron chi connectivity index (χ0n) is 34.0. The summed E-state index contributed by atoms with van der Waals surface area (Å²) >= 11 is 0. The Morgan fingerprint density at radius 3 is 0.724 bits per heavy atom. The Morgan fingerprint density at radius 2 is 0.517 bits per heavy atom. The van der Waals surface area contributed by atoms with E-state index in [0.29, 0.717) is 26.4 Å². The smallest absolute Gasteiger partial charge is 0.119 e. The first-order chi connectivity index (χ1) is 28.6. The van der Waals surface area contributed by atoms with E-state index in [4.69, 9.17) is 18.9 Å². The number of anilines is 6. The molecule has 0 aromatic heterocycles. The molecule has 58 heavy (non-hydrogen) atoms. The third-order valence-corrected chi connectivity index (χ3v) is 9.00. The summed E-state index contributed by atoms with van der Waals surface area (Å²) in [5.74, 6) is 16.0. The van der Waals surface area contributed by atoms with Gasteiger partial charge in [-0.15, -0.1) is 0 Å². The number of benzene rings is 6. The van der Waals surface area contributed by atoms with Crippen LogP contribution in [0.3, 0.4) is 0 Å². The average molecular weight is 769 g/mol. The second-order valence-electron chi connectivity index (χ2n) is 13.6. The van der Waals surface area contributed by atoms with Crippen LogP contribution < -0.4 is 28.7 Å². The molecule has 0 amide bonds. The van der Waals surface area contributed by atoms with Crippen LogP contribution in [0.5, 0.6) is 23.0 Å². The van der Waals surface area contributed by atoms with Crippen LogP contribution in [-0.2, 0) is 0 Å². The van der Waals surface area contributed by atoms with Gasteiger partial charge in [-0.2, -0.15) is 0 Å². The first kappa shape index (κ1) is 40.9. The highest BCUT2D eigenvalue weighted by atomic mass is 16.5. The van der Waals surface area contributed by atoms with Gasteiger partial charge in [0.05, 0.1) is 26.4 Å². The standard InChI is InChI=1S/C52H52N2O4/c1-5-37-55-49-29-21-45(22-30-49)53(46-23-31-50(32-24-46)56-38-6-2)43-17-13-41(14-18-43)11-9-10-12-42-15-19-44(20-16-42)54(47-25-33-51(34-26-47)57-39-7-3)48-27-35-52(36-28-48)58-40-8-4/h13-36H,5-8,37-40H2,1-4H3. The Kier molecular flexibility index (Phi) is 15.2. The summed E-state index contributed by atoms with van der Waals surface area (Å²) < 4.78 is 23.4. The molecular formula is C52H52N2O4. The van der Waals surface area contributed by atoms with Crippen molar-refractivity contribution in [3.63, 3.8) is 0 Å². The van der Waals surface area contributed by atoms with Crippen molar-refractivity contribution in [2.24, 2.45) is 0 Å². The van der Waals surface area contributed by atoms with Gasteiger partial charge in [0.15, 0.2) is 0 Å². The van der Waals surface area contributed by atoms with Crippen molar-refractivity contribution in [3.8, 4) is 46.7 Å². The van der Waals surface area contributed by atoms with Gasteiger partial charge in [-0.3, -0.25) is 0 Å². The lowest BCUT2D eigenvalue weighted by atomic mass is 10.1. The second-order valence-corrected chi connectivity index (χ2v) is 13.6. The van der Waals surface area contributed by atoms with Crippen LogP contribution in [-0.4, -0.2) is 26.4 Å². The topological polar surface area (TPSA) is 43.4 Å². The van der Waals surface area contributed by atoms with Crippen LogP contribution in [0.2, 0.25) is 0 Å². The molecule has 0 N–H and O–H groups in total. The van der Waals surface area contributed by atoms with Crippen LogP contribution in [0.1, 0.15) is 64.5 Å². The largest absolute Gasteiger partial charge is 0.494 e. The van der Waals surface area contributed by atoms with Crippen LogP contribution in [0, 0.1) is 23.7 Å². The molecule has 0 saturated heterocycles. The summed E-state index contributed by atoms with van der Waals surface area (Å²) in [6, 6.07) is 49.3. The number of hydrogen-bond donors (Lipinski definition) is 0. The van der Waals surface area contributed by atoms with E-state index in [2.05, 4.69) is 134 Å². The number of nitrogens with zero attached hydrogens (tertiary/aromatic N) is 2. The summed E-state index contributed by atoms with van der Waals surface area (Å²) in [4.78, 5) is 4.42.